The normalized spacial score (nSPS) is 19.8. The summed E-state index contributed by atoms with van der Waals surface area (Å²) in [6.45, 7) is 3.69. The molecule has 3 heteroatoms. The second kappa shape index (κ2) is 4.08. The minimum absolute atomic E-state index is 0.0225. The number of hydrogen-bond donors (Lipinski definition) is 0. The molecule has 0 N–H and O–H groups in total. The highest BCUT2D eigenvalue weighted by Gasteiger charge is 2.30. The zero-order valence-electron chi connectivity index (χ0n) is 9.29. The molecule has 0 saturated carbocycles. The molecule has 1 aromatic rings. The number of hydrogen-bond acceptors (Lipinski definition) is 2. The molecular formula is C13H13FO2. The quantitative estimate of drug-likeness (QED) is 0.679. The molecule has 0 spiro atoms. The molecule has 1 saturated heterocycles. The minimum Gasteiger partial charge on any atom is -0.482 e. The number of Topliss-reactive ketones (excluding diaryl/α,β-unsaturated/α-hetero) is 1. The molecular weight excluding hydrogens is 207 g/mol. The first-order valence-electron chi connectivity index (χ1n) is 5.20. The lowest BCUT2D eigenvalue weighted by molar-refractivity contribution is -0.115. The molecule has 0 radical (unpaired) electrons. The van der Waals surface area contributed by atoms with Crippen LogP contribution in [0.25, 0.3) is 0 Å². The van der Waals surface area contributed by atoms with Crippen LogP contribution in [-0.2, 0) is 9.53 Å². The molecule has 0 aromatic heterocycles. The lowest BCUT2D eigenvalue weighted by atomic mass is 10.1. The van der Waals surface area contributed by atoms with E-state index in [-0.39, 0.29) is 17.7 Å². The van der Waals surface area contributed by atoms with Crippen LogP contribution in [0.1, 0.15) is 31.9 Å². The molecule has 0 aliphatic carbocycles. The SMILES string of the molecule is CC(C)=C1OC(c2ccc(F)cc2)CC1=O. The van der Waals surface area contributed by atoms with Crippen LogP contribution in [0.15, 0.2) is 35.6 Å². The highest BCUT2D eigenvalue weighted by molar-refractivity contribution is 5.96. The fourth-order valence-electron chi connectivity index (χ4n) is 1.77. The summed E-state index contributed by atoms with van der Waals surface area (Å²) in [5, 5.41) is 0. The highest BCUT2D eigenvalue weighted by Crippen LogP contribution is 2.33. The van der Waals surface area contributed by atoms with Crippen molar-refractivity contribution in [2.24, 2.45) is 0 Å². The smallest absolute Gasteiger partial charge is 0.201 e. The molecule has 0 amide bonds. The van der Waals surface area contributed by atoms with Gasteiger partial charge in [-0.25, -0.2) is 4.39 Å². The second-order valence-electron chi connectivity index (χ2n) is 4.11. The topological polar surface area (TPSA) is 26.3 Å². The fourth-order valence-corrected chi connectivity index (χ4v) is 1.77. The summed E-state index contributed by atoms with van der Waals surface area (Å²) in [5.41, 5.74) is 1.72. The van der Waals surface area contributed by atoms with Gasteiger partial charge in [0.2, 0.25) is 5.78 Å². The van der Waals surface area contributed by atoms with E-state index in [1.165, 1.54) is 12.1 Å². The number of allylic oxidation sites excluding steroid dienone is 2. The van der Waals surface area contributed by atoms with Gasteiger partial charge in [0.1, 0.15) is 11.9 Å². The number of benzene rings is 1. The van der Waals surface area contributed by atoms with Crippen molar-refractivity contribution in [1.82, 2.24) is 0 Å². The molecule has 1 heterocycles. The summed E-state index contributed by atoms with van der Waals surface area (Å²) < 4.78 is 18.3. The number of carbonyl (C=O) groups is 1. The van der Waals surface area contributed by atoms with Crippen molar-refractivity contribution in [3.8, 4) is 0 Å². The predicted molar refractivity (Wildman–Crippen MR) is 58.2 cm³/mol. The second-order valence-corrected chi connectivity index (χ2v) is 4.11. The van der Waals surface area contributed by atoms with Crippen molar-refractivity contribution < 1.29 is 13.9 Å². The van der Waals surface area contributed by atoms with E-state index in [9.17, 15) is 9.18 Å². The summed E-state index contributed by atoms with van der Waals surface area (Å²) in [7, 11) is 0. The molecule has 1 unspecified atom stereocenters. The van der Waals surface area contributed by atoms with Gasteiger partial charge in [-0.2, -0.15) is 0 Å². The van der Waals surface area contributed by atoms with Gasteiger partial charge in [-0.15, -0.1) is 0 Å². The average Bonchev–Trinajstić information content (AvgIpc) is 2.61. The third kappa shape index (κ3) is 1.98. The van der Waals surface area contributed by atoms with Crippen molar-refractivity contribution in [3.05, 3.63) is 47.0 Å². The molecule has 1 fully saturated rings. The first-order valence-corrected chi connectivity index (χ1v) is 5.20. The summed E-state index contributed by atoms with van der Waals surface area (Å²) in [6, 6.07) is 6.07. The largest absolute Gasteiger partial charge is 0.482 e. The molecule has 2 rings (SSSR count). The first-order chi connectivity index (χ1) is 7.58. The number of halogens is 1. The summed E-state index contributed by atoms with van der Waals surface area (Å²) in [5.74, 6) is 0.194. The Morgan fingerprint density at radius 3 is 2.44 bits per heavy atom. The monoisotopic (exact) mass is 220 g/mol. The molecule has 1 aliphatic rings. The third-order valence-corrected chi connectivity index (χ3v) is 2.58. The summed E-state index contributed by atoms with van der Waals surface area (Å²) in [4.78, 5) is 11.6. The molecule has 84 valence electrons. The van der Waals surface area contributed by atoms with Crippen LogP contribution in [-0.4, -0.2) is 5.78 Å². The molecule has 1 aliphatic heterocycles. The summed E-state index contributed by atoms with van der Waals surface area (Å²) >= 11 is 0. The van der Waals surface area contributed by atoms with Gasteiger partial charge in [-0.05, 0) is 37.1 Å². The minimum atomic E-state index is -0.282. The number of ketones is 1. The zero-order valence-corrected chi connectivity index (χ0v) is 9.29. The van der Waals surface area contributed by atoms with Crippen LogP contribution >= 0.6 is 0 Å². The summed E-state index contributed by atoms with van der Waals surface area (Å²) in [6.07, 6.45) is 0.0737. The van der Waals surface area contributed by atoms with E-state index >= 15 is 0 Å². The average molecular weight is 220 g/mol. The highest BCUT2D eigenvalue weighted by atomic mass is 19.1. The number of rotatable bonds is 1. The van der Waals surface area contributed by atoms with E-state index in [0.29, 0.717) is 12.2 Å². The van der Waals surface area contributed by atoms with Gasteiger partial charge in [-0.1, -0.05) is 12.1 Å². The van der Waals surface area contributed by atoms with Crippen LogP contribution < -0.4 is 0 Å². The predicted octanol–water partition coefficient (Wildman–Crippen LogP) is 3.15. The van der Waals surface area contributed by atoms with Gasteiger partial charge in [0.15, 0.2) is 5.76 Å². The Hall–Kier alpha value is -1.64. The third-order valence-electron chi connectivity index (χ3n) is 2.58. The fraction of sp³-hybridized carbons (Fsp3) is 0.308. The molecule has 1 atom stereocenters. The Morgan fingerprint density at radius 1 is 1.31 bits per heavy atom. The van der Waals surface area contributed by atoms with Gasteiger partial charge >= 0.3 is 0 Å². The van der Waals surface area contributed by atoms with E-state index in [4.69, 9.17) is 4.74 Å². The van der Waals surface area contributed by atoms with Crippen LogP contribution in [0.4, 0.5) is 4.39 Å². The standard InChI is InChI=1S/C13H13FO2/c1-8(2)13-11(15)7-12(16-13)9-3-5-10(14)6-4-9/h3-6,12H,7H2,1-2H3. The van der Waals surface area contributed by atoms with E-state index in [0.717, 1.165) is 11.1 Å². The maximum absolute atomic E-state index is 12.7. The number of carbonyl (C=O) groups excluding carboxylic acids is 1. The van der Waals surface area contributed by atoms with Crippen LogP contribution in [0.2, 0.25) is 0 Å². The Labute approximate surface area is 93.7 Å². The van der Waals surface area contributed by atoms with Gasteiger partial charge in [0.25, 0.3) is 0 Å². The molecule has 1 aromatic carbocycles. The van der Waals surface area contributed by atoms with Gasteiger partial charge in [0, 0.05) is 0 Å². The van der Waals surface area contributed by atoms with Crippen LogP contribution in [0, 0.1) is 5.82 Å². The Bertz CT molecular complexity index is 442. The maximum atomic E-state index is 12.7. The van der Waals surface area contributed by atoms with E-state index in [2.05, 4.69) is 0 Å². The Morgan fingerprint density at radius 2 is 1.94 bits per heavy atom. The maximum Gasteiger partial charge on any atom is 0.201 e. The van der Waals surface area contributed by atoms with E-state index in [1.54, 1.807) is 12.1 Å². The van der Waals surface area contributed by atoms with Gasteiger partial charge in [0.05, 0.1) is 6.42 Å². The Balaban J connectivity index is 2.24. The first kappa shape index (κ1) is 10.9. The van der Waals surface area contributed by atoms with Crippen molar-refractivity contribution >= 4 is 5.78 Å². The molecule has 2 nitrogen and oxygen atoms in total. The van der Waals surface area contributed by atoms with Crippen molar-refractivity contribution in [1.29, 1.82) is 0 Å². The van der Waals surface area contributed by atoms with E-state index in [1.807, 2.05) is 13.8 Å². The van der Waals surface area contributed by atoms with E-state index < -0.39 is 0 Å². The number of ether oxygens (including phenoxy) is 1. The lowest BCUT2D eigenvalue weighted by Gasteiger charge is -2.10. The molecule has 16 heavy (non-hydrogen) atoms. The lowest BCUT2D eigenvalue weighted by Crippen LogP contribution is -1.95. The van der Waals surface area contributed by atoms with Crippen LogP contribution in [0.3, 0.4) is 0 Å². The zero-order chi connectivity index (χ0) is 11.7. The van der Waals surface area contributed by atoms with Crippen LogP contribution in [0.5, 0.6) is 0 Å². The Kier molecular flexibility index (Phi) is 2.77. The van der Waals surface area contributed by atoms with Gasteiger partial charge < -0.3 is 4.74 Å². The molecule has 0 bridgehead atoms. The van der Waals surface area contributed by atoms with Crippen molar-refractivity contribution in [2.75, 3.05) is 0 Å². The van der Waals surface area contributed by atoms with Crippen molar-refractivity contribution in [3.63, 3.8) is 0 Å². The van der Waals surface area contributed by atoms with Crippen molar-refractivity contribution in [2.45, 2.75) is 26.4 Å². The van der Waals surface area contributed by atoms with Gasteiger partial charge in [-0.3, -0.25) is 4.79 Å².